The van der Waals surface area contributed by atoms with E-state index in [1.54, 1.807) is 0 Å². The van der Waals surface area contributed by atoms with Gasteiger partial charge in [0.1, 0.15) is 5.76 Å². The lowest BCUT2D eigenvalue weighted by Gasteiger charge is -2.23. The molecule has 0 amide bonds. The molecule has 1 unspecified atom stereocenters. The monoisotopic (exact) mass is 316 g/mol. The molecule has 1 saturated carbocycles. The molecule has 1 aromatic heterocycles. The zero-order valence-corrected chi connectivity index (χ0v) is 14.1. The fraction of sp³-hybridized carbons (Fsp3) is 0.611. The Hall–Kier alpha value is -1.91. The average Bonchev–Trinajstić information content (AvgIpc) is 3.26. The van der Waals surface area contributed by atoms with Crippen molar-refractivity contribution in [1.82, 2.24) is 9.78 Å². The van der Waals surface area contributed by atoms with Crippen LogP contribution in [0.25, 0.3) is 0 Å². The second-order valence-electron chi connectivity index (χ2n) is 6.80. The van der Waals surface area contributed by atoms with Crippen LogP contribution in [0.2, 0.25) is 0 Å². The number of aliphatic hydroxyl groups excluding tert-OH is 1. The van der Waals surface area contributed by atoms with Gasteiger partial charge in [-0.2, -0.15) is 5.10 Å². The summed E-state index contributed by atoms with van der Waals surface area (Å²) in [4.78, 5) is 24.6. The number of carbonyl (C=O) groups excluding carboxylic acids is 2. The maximum Gasteiger partial charge on any atom is 0.172 e. The molecule has 0 spiro atoms. The van der Waals surface area contributed by atoms with E-state index in [4.69, 9.17) is 0 Å². The van der Waals surface area contributed by atoms with Crippen molar-refractivity contribution in [1.29, 1.82) is 0 Å². The minimum absolute atomic E-state index is 0.0230. The molecule has 0 aromatic carbocycles. The van der Waals surface area contributed by atoms with Gasteiger partial charge in [0, 0.05) is 36.9 Å². The summed E-state index contributed by atoms with van der Waals surface area (Å²) >= 11 is 0. The molecule has 0 bridgehead atoms. The Morgan fingerprint density at radius 3 is 2.57 bits per heavy atom. The second kappa shape index (κ2) is 5.95. The van der Waals surface area contributed by atoms with Crippen molar-refractivity contribution in [3.05, 3.63) is 28.3 Å². The number of hydrogen-bond acceptors (Lipinski definition) is 4. The Morgan fingerprint density at radius 1 is 1.30 bits per heavy atom. The van der Waals surface area contributed by atoms with E-state index in [0.29, 0.717) is 6.42 Å². The van der Waals surface area contributed by atoms with Gasteiger partial charge in [0.2, 0.25) is 0 Å². The van der Waals surface area contributed by atoms with Crippen LogP contribution in [0.5, 0.6) is 0 Å². The lowest BCUT2D eigenvalue weighted by Crippen LogP contribution is -2.25. The molecule has 1 atom stereocenters. The van der Waals surface area contributed by atoms with Gasteiger partial charge in [-0.15, -0.1) is 0 Å². The van der Waals surface area contributed by atoms with Crippen LogP contribution >= 0.6 is 0 Å². The van der Waals surface area contributed by atoms with Crippen molar-refractivity contribution in [2.75, 3.05) is 0 Å². The zero-order chi connectivity index (χ0) is 16.7. The SMILES string of the molecule is CCCn1nc(C)c(C2CC(=O)C(C(=O)C3CC3)=C(O)C2)c1C. The Bertz CT molecular complexity index is 695. The Labute approximate surface area is 136 Å². The molecular formula is C18H24N2O3. The number of rotatable bonds is 5. The van der Waals surface area contributed by atoms with Crippen LogP contribution in [0.3, 0.4) is 0 Å². The molecule has 2 aliphatic carbocycles. The van der Waals surface area contributed by atoms with Gasteiger partial charge >= 0.3 is 0 Å². The quantitative estimate of drug-likeness (QED) is 0.847. The van der Waals surface area contributed by atoms with E-state index in [-0.39, 0.29) is 41.2 Å². The lowest BCUT2D eigenvalue weighted by atomic mass is 9.80. The van der Waals surface area contributed by atoms with Gasteiger partial charge < -0.3 is 5.11 Å². The predicted molar refractivity (Wildman–Crippen MR) is 86.4 cm³/mol. The van der Waals surface area contributed by atoms with Crippen LogP contribution in [0.4, 0.5) is 0 Å². The minimum atomic E-state index is -0.210. The van der Waals surface area contributed by atoms with Crippen LogP contribution in [0.15, 0.2) is 11.3 Å². The summed E-state index contributed by atoms with van der Waals surface area (Å²) in [6, 6.07) is 0. The highest BCUT2D eigenvalue weighted by Gasteiger charge is 2.40. The number of ketones is 2. The molecule has 3 rings (SSSR count). The Balaban J connectivity index is 1.90. The van der Waals surface area contributed by atoms with Crippen LogP contribution < -0.4 is 0 Å². The van der Waals surface area contributed by atoms with Crippen LogP contribution in [-0.2, 0) is 16.1 Å². The molecule has 2 aliphatic rings. The van der Waals surface area contributed by atoms with Crippen molar-refractivity contribution < 1.29 is 14.7 Å². The van der Waals surface area contributed by atoms with Gasteiger partial charge in [0.15, 0.2) is 11.6 Å². The Morgan fingerprint density at radius 2 is 2.00 bits per heavy atom. The van der Waals surface area contributed by atoms with Crippen LogP contribution in [0, 0.1) is 19.8 Å². The van der Waals surface area contributed by atoms with E-state index in [1.165, 1.54) is 0 Å². The molecule has 1 N–H and O–H groups in total. The second-order valence-corrected chi connectivity index (χ2v) is 6.80. The molecule has 1 aromatic rings. The fourth-order valence-corrected chi connectivity index (χ4v) is 3.66. The maximum atomic E-state index is 12.5. The van der Waals surface area contributed by atoms with Crippen molar-refractivity contribution in [2.24, 2.45) is 5.92 Å². The first kappa shape index (κ1) is 16.0. The summed E-state index contributed by atoms with van der Waals surface area (Å²) in [5.41, 5.74) is 3.10. The number of aliphatic hydroxyl groups is 1. The molecule has 1 heterocycles. The summed E-state index contributed by atoms with van der Waals surface area (Å²) < 4.78 is 1.97. The first-order chi connectivity index (χ1) is 10.9. The number of nitrogens with zero attached hydrogens (tertiary/aromatic N) is 2. The van der Waals surface area contributed by atoms with Crippen molar-refractivity contribution in [2.45, 2.75) is 65.3 Å². The zero-order valence-electron chi connectivity index (χ0n) is 14.1. The number of aryl methyl sites for hydroxylation is 2. The topological polar surface area (TPSA) is 72.2 Å². The molecule has 124 valence electrons. The number of carbonyl (C=O) groups is 2. The van der Waals surface area contributed by atoms with E-state index in [2.05, 4.69) is 12.0 Å². The highest BCUT2D eigenvalue weighted by atomic mass is 16.3. The Kier molecular flexibility index (Phi) is 4.13. The summed E-state index contributed by atoms with van der Waals surface area (Å²) in [6.07, 6.45) is 3.33. The van der Waals surface area contributed by atoms with Crippen molar-refractivity contribution in [3.63, 3.8) is 0 Å². The van der Waals surface area contributed by atoms with Gasteiger partial charge in [0.25, 0.3) is 0 Å². The van der Waals surface area contributed by atoms with Gasteiger partial charge in [-0.25, -0.2) is 0 Å². The van der Waals surface area contributed by atoms with Crippen LogP contribution in [-0.4, -0.2) is 26.5 Å². The maximum absolute atomic E-state index is 12.5. The highest BCUT2D eigenvalue weighted by molar-refractivity contribution is 6.22. The van der Waals surface area contributed by atoms with Gasteiger partial charge in [-0.3, -0.25) is 14.3 Å². The van der Waals surface area contributed by atoms with Crippen LogP contribution in [0.1, 0.15) is 61.9 Å². The van der Waals surface area contributed by atoms with Gasteiger partial charge in [-0.1, -0.05) is 6.92 Å². The molecule has 5 heteroatoms. The van der Waals surface area contributed by atoms with E-state index >= 15 is 0 Å². The summed E-state index contributed by atoms with van der Waals surface area (Å²) in [7, 11) is 0. The first-order valence-corrected chi connectivity index (χ1v) is 8.47. The summed E-state index contributed by atoms with van der Waals surface area (Å²) in [6.45, 7) is 6.91. The third-order valence-corrected chi connectivity index (χ3v) is 4.91. The van der Waals surface area contributed by atoms with Crippen molar-refractivity contribution in [3.8, 4) is 0 Å². The van der Waals surface area contributed by atoms with E-state index < -0.39 is 0 Å². The summed E-state index contributed by atoms with van der Waals surface area (Å²) in [5, 5.41) is 14.9. The standard InChI is InChI=1S/C18H24N2O3/c1-4-7-20-11(3)16(10(2)19-20)13-8-14(21)17(15(22)9-13)18(23)12-5-6-12/h12-13,21H,4-9H2,1-3H3. The largest absolute Gasteiger partial charge is 0.511 e. The van der Waals surface area contributed by atoms with E-state index in [1.807, 2.05) is 18.5 Å². The number of allylic oxidation sites excluding steroid dienone is 2. The molecule has 23 heavy (non-hydrogen) atoms. The molecule has 0 aliphatic heterocycles. The number of aromatic nitrogens is 2. The highest BCUT2D eigenvalue weighted by Crippen LogP contribution is 2.40. The van der Waals surface area contributed by atoms with Crippen molar-refractivity contribution >= 4 is 11.6 Å². The predicted octanol–water partition coefficient (Wildman–Crippen LogP) is 3.15. The number of hydrogen-bond donors (Lipinski definition) is 1. The first-order valence-electron chi connectivity index (χ1n) is 8.47. The van der Waals surface area contributed by atoms with E-state index in [0.717, 1.165) is 42.8 Å². The fourth-order valence-electron chi connectivity index (χ4n) is 3.66. The number of Topliss-reactive ketones (excluding diaryl/α,β-unsaturated/α-hetero) is 2. The normalized spacial score (nSPS) is 21.9. The molecule has 0 radical (unpaired) electrons. The molecule has 1 fully saturated rings. The lowest BCUT2D eigenvalue weighted by molar-refractivity contribution is -0.123. The van der Waals surface area contributed by atoms with Gasteiger partial charge in [0.05, 0.1) is 11.3 Å². The van der Waals surface area contributed by atoms with Gasteiger partial charge in [-0.05, 0) is 38.7 Å². The third kappa shape index (κ3) is 2.84. The van der Waals surface area contributed by atoms with E-state index in [9.17, 15) is 14.7 Å². The third-order valence-electron chi connectivity index (χ3n) is 4.91. The smallest absolute Gasteiger partial charge is 0.172 e. The molecular weight excluding hydrogens is 292 g/mol. The average molecular weight is 316 g/mol. The summed E-state index contributed by atoms with van der Waals surface area (Å²) in [5.74, 6) is -0.503. The molecule has 0 saturated heterocycles. The molecule has 5 nitrogen and oxygen atoms in total. The minimum Gasteiger partial charge on any atom is -0.511 e.